The van der Waals surface area contributed by atoms with Crippen molar-refractivity contribution in [1.82, 2.24) is 15.5 Å². The molecule has 0 aromatic rings. The zero-order chi connectivity index (χ0) is 9.97. The van der Waals surface area contributed by atoms with Gasteiger partial charge >= 0.3 is 0 Å². The summed E-state index contributed by atoms with van der Waals surface area (Å²) in [5.74, 6) is -0.260. The zero-order valence-corrected chi connectivity index (χ0v) is 8.08. The summed E-state index contributed by atoms with van der Waals surface area (Å²) in [7, 11) is 0. The van der Waals surface area contributed by atoms with E-state index in [1.165, 1.54) is 0 Å². The van der Waals surface area contributed by atoms with Crippen molar-refractivity contribution in [3.63, 3.8) is 0 Å². The van der Waals surface area contributed by atoms with Crippen molar-refractivity contribution in [3.8, 4) is 0 Å². The van der Waals surface area contributed by atoms with Crippen molar-refractivity contribution in [3.05, 3.63) is 0 Å². The highest BCUT2D eigenvalue weighted by Gasteiger charge is 2.31. The van der Waals surface area contributed by atoms with Crippen LogP contribution in [-0.2, 0) is 9.59 Å². The monoisotopic (exact) mass is 197 g/mol. The molecule has 1 unspecified atom stereocenters. The van der Waals surface area contributed by atoms with E-state index in [-0.39, 0.29) is 17.9 Å². The van der Waals surface area contributed by atoms with E-state index in [1.54, 1.807) is 0 Å². The van der Waals surface area contributed by atoms with Gasteiger partial charge in [0.15, 0.2) is 0 Å². The fraction of sp³-hybridized carbons (Fsp3) is 0.778. The summed E-state index contributed by atoms with van der Waals surface area (Å²) in [6, 6.07) is -0.0881. The lowest BCUT2D eigenvalue weighted by Crippen LogP contribution is -2.57. The Morgan fingerprint density at radius 3 is 2.57 bits per heavy atom. The summed E-state index contributed by atoms with van der Waals surface area (Å²) in [5, 5.41) is 5.62. The second-order valence-corrected chi connectivity index (χ2v) is 3.75. The topological polar surface area (TPSA) is 61.4 Å². The second kappa shape index (κ2) is 4.06. The number of piperidine rings is 1. The van der Waals surface area contributed by atoms with E-state index in [9.17, 15) is 9.59 Å². The molecule has 0 radical (unpaired) electrons. The highest BCUT2D eigenvalue weighted by Crippen LogP contribution is 2.12. The first-order valence-electron chi connectivity index (χ1n) is 5.06. The molecule has 2 aliphatic rings. The molecule has 1 atom stereocenters. The van der Waals surface area contributed by atoms with Crippen LogP contribution in [-0.4, -0.2) is 48.9 Å². The summed E-state index contributed by atoms with van der Waals surface area (Å²) >= 11 is 0. The van der Waals surface area contributed by atoms with Crippen molar-refractivity contribution in [2.24, 2.45) is 0 Å². The first-order chi connectivity index (χ1) is 6.77. The maximum absolute atomic E-state index is 11.5. The molecule has 2 N–H and O–H groups in total. The summed E-state index contributed by atoms with van der Waals surface area (Å²) < 4.78 is 0. The van der Waals surface area contributed by atoms with Crippen molar-refractivity contribution in [1.29, 1.82) is 0 Å². The van der Waals surface area contributed by atoms with Crippen LogP contribution in [0.25, 0.3) is 0 Å². The van der Waals surface area contributed by atoms with E-state index in [2.05, 4.69) is 15.5 Å². The molecule has 2 rings (SSSR count). The van der Waals surface area contributed by atoms with Gasteiger partial charge in [-0.1, -0.05) is 0 Å². The fourth-order valence-electron chi connectivity index (χ4n) is 2.02. The smallest absolute Gasteiger partial charge is 0.243 e. The van der Waals surface area contributed by atoms with Crippen LogP contribution in [0.4, 0.5) is 0 Å². The number of hydrogen-bond acceptors (Lipinski definition) is 4. The third-order valence-electron chi connectivity index (χ3n) is 2.80. The minimum atomic E-state index is -0.138. The normalized spacial score (nSPS) is 30.1. The van der Waals surface area contributed by atoms with Gasteiger partial charge in [-0.25, -0.2) is 0 Å². The molecule has 2 amide bonds. The van der Waals surface area contributed by atoms with Crippen LogP contribution in [0.3, 0.4) is 0 Å². The maximum atomic E-state index is 11.5. The van der Waals surface area contributed by atoms with Crippen molar-refractivity contribution in [2.75, 3.05) is 26.2 Å². The molecular weight excluding hydrogens is 182 g/mol. The predicted molar refractivity (Wildman–Crippen MR) is 50.6 cm³/mol. The van der Waals surface area contributed by atoms with Gasteiger partial charge in [-0.15, -0.1) is 0 Å². The number of rotatable bonds is 1. The fourth-order valence-corrected chi connectivity index (χ4v) is 2.02. The average Bonchev–Trinajstić information content (AvgIpc) is 2.19. The summed E-state index contributed by atoms with van der Waals surface area (Å²) in [6.45, 7) is 3.65. The predicted octanol–water partition coefficient (Wildman–Crippen LogP) is -1.30. The van der Waals surface area contributed by atoms with E-state index < -0.39 is 0 Å². The molecule has 0 saturated carbocycles. The van der Waals surface area contributed by atoms with Crippen molar-refractivity contribution in [2.45, 2.75) is 18.9 Å². The molecule has 5 nitrogen and oxygen atoms in total. The van der Waals surface area contributed by atoms with Crippen molar-refractivity contribution >= 4 is 11.8 Å². The highest BCUT2D eigenvalue weighted by molar-refractivity contribution is 6.00. The van der Waals surface area contributed by atoms with Crippen LogP contribution in [0.15, 0.2) is 0 Å². The van der Waals surface area contributed by atoms with Gasteiger partial charge in [0.1, 0.15) is 0 Å². The zero-order valence-electron chi connectivity index (χ0n) is 8.08. The molecular formula is C9H15N3O2. The number of nitrogens with zero attached hydrogens (tertiary/aromatic N) is 1. The van der Waals surface area contributed by atoms with Crippen LogP contribution in [0, 0.1) is 0 Å². The Hall–Kier alpha value is -0.940. The number of piperazine rings is 1. The minimum absolute atomic E-state index is 0.0881. The van der Waals surface area contributed by atoms with E-state index in [1.807, 2.05) is 0 Å². The molecule has 0 bridgehead atoms. The van der Waals surface area contributed by atoms with Crippen LogP contribution in [0.2, 0.25) is 0 Å². The number of carbonyl (C=O) groups is 2. The molecule has 0 aromatic carbocycles. The molecule has 0 aromatic heterocycles. The molecule has 5 heteroatoms. The van der Waals surface area contributed by atoms with Gasteiger partial charge in [0, 0.05) is 32.6 Å². The quantitative estimate of drug-likeness (QED) is 0.513. The van der Waals surface area contributed by atoms with E-state index in [4.69, 9.17) is 0 Å². The summed E-state index contributed by atoms with van der Waals surface area (Å²) in [5.41, 5.74) is 0. The number of nitrogens with one attached hydrogen (secondary N) is 2. The second-order valence-electron chi connectivity index (χ2n) is 3.75. The standard InChI is InChI=1S/C9H15N3O2/c13-8-2-1-7(9(14)11-8)12-5-3-10-4-6-12/h7,10H,1-6H2,(H,11,13,14). The first kappa shape index (κ1) is 9.61. The number of hydrogen-bond donors (Lipinski definition) is 2. The van der Waals surface area contributed by atoms with Crippen LogP contribution >= 0.6 is 0 Å². The van der Waals surface area contributed by atoms with Gasteiger partial charge in [-0.2, -0.15) is 0 Å². The Morgan fingerprint density at radius 2 is 1.93 bits per heavy atom. The molecule has 78 valence electrons. The Balaban J connectivity index is 1.95. The third-order valence-corrected chi connectivity index (χ3v) is 2.80. The van der Waals surface area contributed by atoms with E-state index in [0.717, 1.165) is 26.2 Å². The Kier molecular flexibility index (Phi) is 2.79. The Labute approximate surface area is 82.8 Å². The lowest BCUT2D eigenvalue weighted by atomic mass is 10.0. The lowest BCUT2D eigenvalue weighted by molar-refractivity contribution is -0.137. The summed E-state index contributed by atoms with van der Waals surface area (Å²) in [4.78, 5) is 24.6. The van der Waals surface area contributed by atoms with Gasteiger partial charge in [-0.05, 0) is 6.42 Å². The molecule has 0 spiro atoms. The third kappa shape index (κ3) is 1.93. The van der Waals surface area contributed by atoms with Crippen LogP contribution in [0.1, 0.15) is 12.8 Å². The van der Waals surface area contributed by atoms with Gasteiger partial charge in [0.25, 0.3) is 0 Å². The van der Waals surface area contributed by atoms with Gasteiger partial charge in [0.05, 0.1) is 6.04 Å². The number of imide groups is 1. The van der Waals surface area contributed by atoms with Gasteiger partial charge < -0.3 is 5.32 Å². The van der Waals surface area contributed by atoms with Crippen molar-refractivity contribution < 1.29 is 9.59 Å². The number of carbonyl (C=O) groups excluding carboxylic acids is 2. The van der Waals surface area contributed by atoms with Gasteiger partial charge in [-0.3, -0.25) is 19.8 Å². The molecule has 2 heterocycles. The highest BCUT2D eigenvalue weighted by atomic mass is 16.2. The largest absolute Gasteiger partial charge is 0.314 e. The average molecular weight is 197 g/mol. The lowest BCUT2D eigenvalue weighted by Gasteiger charge is -2.35. The molecule has 2 fully saturated rings. The first-order valence-corrected chi connectivity index (χ1v) is 5.06. The number of amides is 2. The maximum Gasteiger partial charge on any atom is 0.243 e. The van der Waals surface area contributed by atoms with Crippen LogP contribution < -0.4 is 10.6 Å². The molecule has 2 aliphatic heterocycles. The minimum Gasteiger partial charge on any atom is -0.314 e. The molecule has 2 saturated heterocycles. The Morgan fingerprint density at radius 1 is 1.21 bits per heavy atom. The molecule has 14 heavy (non-hydrogen) atoms. The summed E-state index contributed by atoms with van der Waals surface area (Å²) in [6.07, 6.45) is 1.14. The van der Waals surface area contributed by atoms with E-state index >= 15 is 0 Å². The Bertz CT molecular complexity index is 248. The SMILES string of the molecule is O=C1CCC(N2CCNCC2)C(=O)N1. The van der Waals surface area contributed by atoms with Crippen LogP contribution in [0.5, 0.6) is 0 Å². The molecule has 0 aliphatic carbocycles. The van der Waals surface area contributed by atoms with E-state index in [0.29, 0.717) is 12.8 Å². The van der Waals surface area contributed by atoms with Gasteiger partial charge in [0.2, 0.25) is 11.8 Å².